The van der Waals surface area contributed by atoms with Gasteiger partial charge in [-0.15, -0.1) is 0 Å². The lowest BCUT2D eigenvalue weighted by atomic mass is 10.1. The Hall–Kier alpha value is -2.93. The molecule has 1 fully saturated rings. The first-order chi connectivity index (χ1) is 13.8. The van der Waals surface area contributed by atoms with Gasteiger partial charge in [0.15, 0.2) is 6.10 Å². The van der Waals surface area contributed by atoms with Crippen LogP contribution in [-0.4, -0.2) is 35.3 Å². The van der Waals surface area contributed by atoms with Crippen LogP contribution in [0.5, 0.6) is 0 Å². The smallest absolute Gasteiger partial charge is 0.312 e. The fourth-order valence-electron chi connectivity index (χ4n) is 3.04. The van der Waals surface area contributed by atoms with E-state index in [4.69, 9.17) is 16.3 Å². The molecule has 0 spiro atoms. The van der Waals surface area contributed by atoms with Crippen molar-refractivity contribution in [3.63, 3.8) is 0 Å². The molecule has 1 saturated heterocycles. The van der Waals surface area contributed by atoms with Gasteiger partial charge in [0.25, 0.3) is 5.91 Å². The number of halogens is 2. The molecule has 2 atom stereocenters. The van der Waals surface area contributed by atoms with Crippen molar-refractivity contribution in [3.05, 3.63) is 64.9 Å². The van der Waals surface area contributed by atoms with Gasteiger partial charge in [-0.25, -0.2) is 4.39 Å². The van der Waals surface area contributed by atoms with Gasteiger partial charge in [0.05, 0.1) is 16.6 Å². The van der Waals surface area contributed by atoms with E-state index in [1.165, 1.54) is 13.0 Å². The summed E-state index contributed by atoms with van der Waals surface area (Å²) in [7, 11) is 0. The lowest BCUT2D eigenvalue weighted by Gasteiger charge is -2.18. The van der Waals surface area contributed by atoms with Crippen molar-refractivity contribution in [2.24, 2.45) is 5.92 Å². The summed E-state index contributed by atoms with van der Waals surface area (Å²) in [5, 5.41) is 2.53. The molecular weight excluding hydrogens is 399 g/mol. The molecule has 6 nitrogen and oxygen atoms in total. The number of esters is 1. The van der Waals surface area contributed by atoms with Gasteiger partial charge >= 0.3 is 5.97 Å². The largest absolute Gasteiger partial charge is 0.452 e. The van der Waals surface area contributed by atoms with Crippen LogP contribution >= 0.6 is 11.6 Å². The first-order valence-electron chi connectivity index (χ1n) is 9.11. The van der Waals surface area contributed by atoms with E-state index in [-0.39, 0.29) is 29.6 Å². The highest BCUT2D eigenvalue weighted by molar-refractivity contribution is 6.33. The van der Waals surface area contributed by atoms with Crippen LogP contribution in [-0.2, 0) is 25.7 Å². The SMILES string of the molecule is C[C@@H](OC(=O)[C@H]1CC(=O)N(Cc2ccccc2)C1)C(=O)Nc1ccc(F)cc1Cl. The maximum atomic E-state index is 13.1. The summed E-state index contributed by atoms with van der Waals surface area (Å²) in [4.78, 5) is 38.5. The third-order valence-electron chi connectivity index (χ3n) is 4.62. The molecule has 2 amide bonds. The van der Waals surface area contributed by atoms with Crippen molar-refractivity contribution in [3.8, 4) is 0 Å². The molecule has 0 aliphatic carbocycles. The van der Waals surface area contributed by atoms with E-state index in [2.05, 4.69) is 5.32 Å². The summed E-state index contributed by atoms with van der Waals surface area (Å²) in [5.41, 5.74) is 1.19. The van der Waals surface area contributed by atoms with E-state index in [1.807, 2.05) is 30.3 Å². The average molecular weight is 419 g/mol. The lowest BCUT2D eigenvalue weighted by Crippen LogP contribution is -2.33. The molecule has 0 unspecified atom stereocenters. The summed E-state index contributed by atoms with van der Waals surface area (Å²) < 4.78 is 18.3. The Morgan fingerprint density at radius 2 is 2.00 bits per heavy atom. The number of carbonyl (C=O) groups excluding carboxylic acids is 3. The van der Waals surface area contributed by atoms with Crippen LogP contribution in [0.1, 0.15) is 18.9 Å². The molecule has 0 aromatic heterocycles. The molecule has 1 aliphatic heterocycles. The van der Waals surface area contributed by atoms with Crippen molar-refractivity contribution < 1.29 is 23.5 Å². The fourth-order valence-corrected chi connectivity index (χ4v) is 3.25. The Labute approximate surface area is 172 Å². The maximum absolute atomic E-state index is 13.1. The van der Waals surface area contributed by atoms with E-state index in [1.54, 1.807) is 4.90 Å². The number of amides is 2. The van der Waals surface area contributed by atoms with Crippen LogP contribution in [0.25, 0.3) is 0 Å². The van der Waals surface area contributed by atoms with Gasteiger partial charge < -0.3 is 15.0 Å². The van der Waals surface area contributed by atoms with E-state index >= 15 is 0 Å². The fraction of sp³-hybridized carbons (Fsp3) is 0.286. The predicted octanol–water partition coefficient (Wildman–Crippen LogP) is 3.40. The molecule has 2 aromatic rings. The number of nitrogens with one attached hydrogen (secondary N) is 1. The zero-order valence-electron chi connectivity index (χ0n) is 15.7. The van der Waals surface area contributed by atoms with Crippen molar-refractivity contribution in [1.29, 1.82) is 0 Å². The molecule has 8 heteroatoms. The predicted molar refractivity (Wildman–Crippen MR) is 106 cm³/mol. The quantitative estimate of drug-likeness (QED) is 0.729. The van der Waals surface area contributed by atoms with Crippen LogP contribution in [0.15, 0.2) is 48.5 Å². The Bertz CT molecular complexity index is 922. The second-order valence-corrected chi connectivity index (χ2v) is 7.26. The molecular formula is C21H20ClFN2O4. The number of ether oxygens (including phenoxy) is 1. The van der Waals surface area contributed by atoms with Crippen molar-refractivity contribution in [2.45, 2.75) is 26.0 Å². The topological polar surface area (TPSA) is 75.7 Å². The summed E-state index contributed by atoms with van der Waals surface area (Å²) in [6.45, 7) is 2.08. The van der Waals surface area contributed by atoms with E-state index in [0.717, 1.165) is 17.7 Å². The van der Waals surface area contributed by atoms with Gasteiger partial charge in [-0.05, 0) is 30.7 Å². The van der Waals surface area contributed by atoms with Crippen LogP contribution in [0, 0.1) is 11.7 Å². The minimum absolute atomic E-state index is 0.0369. The molecule has 29 heavy (non-hydrogen) atoms. The van der Waals surface area contributed by atoms with Crippen LogP contribution in [0.2, 0.25) is 5.02 Å². The third-order valence-corrected chi connectivity index (χ3v) is 4.93. The Morgan fingerprint density at radius 3 is 2.69 bits per heavy atom. The normalized spacial score (nSPS) is 17.1. The standard InChI is InChI=1S/C21H20ClFN2O4/c1-13(20(27)24-18-8-7-16(23)10-17(18)22)29-21(28)15-9-19(26)25(12-15)11-14-5-3-2-4-6-14/h2-8,10,13,15H,9,11-12H2,1H3,(H,24,27)/t13-,15+/m1/s1. The number of hydrogen-bond donors (Lipinski definition) is 1. The first-order valence-corrected chi connectivity index (χ1v) is 9.49. The second kappa shape index (κ2) is 9.05. The molecule has 1 heterocycles. The van der Waals surface area contributed by atoms with Crippen molar-refractivity contribution >= 4 is 35.1 Å². The molecule has 0 saturated carbocycles. The number of anilines is 1. The van der Waals surface area contributed by atoms with Crippen molar-refractivity contribution in [1.82, 2.24) is 4.90 Å². The zero-order chi connectivity index (χ0) is 21.0. The minimum Gasteiger partial charge on any atom is -0.452 e. The van der Waals surface area contributed by atoms with Gasteiger partial charge in [0.2, 0.25) is 5.91 Å². The molecule has 0 bridgehead atoms. The number of likely N-dealkylation sites (tertiary alicyclic amines) is 1. The van der Waals surface area contributed by atoms with E-state index < -0.39 is 29.7 Å². The number of rotatable bonds is 6. The maximum Gasteiger partial charge on any atom is 0.312 e. The van der Waals surface area contributed by atoms with Gasteiger partial charge in [-0.2, -0.15) is 0 Å². The van der Waals surface area contributed by atoms with Crippen molar-refractivity contribution in [2.75, 3.05) is 11.9 Å². The Morgan fingerprint density at radius 1 is 1.28 bits per heavy atom. The highest BCUT2D eigenvalue weighted by Gasteiger charge is 2.36. The number of hydrogen-bond acceptors (Lipinski definition) is 4. The van der Waals surface area contributed by atoms with Gasteiger partial charge in [0, 0.05) is 19.5 Å². The van der Waals surface area contributed by atoms with Crippen LogP contribution in [0.4, 0.5) is 10.1 Å². The van der Waals surface area contributed by atoms with Crippen LogP contribution in [0.3, 0.4) is 0 Å². The third kappa shape index (κ3) is 5.32. The van der Waals surface area contributed by atoms with Gasteiger partial charge in [-0.3, -0.25) is 14.4 Å². The first kappa shape index (κ1) is 20.8. The molecule has 2 aromatic carbocycles. The minimum atomic E-state index is -1.10. The Kier molecular flexibility index (Phi) is 6.49. The Balaban J connectivity index is 1.54. The summed E-state index contributed by atoms with van der Waals surface area (Å²) in [6.07, 6.45) is -1.05. The summed E-state index contributed by atoms with van der Waals surface area (Å²) >= 11 is 5.88. The molecule has 1 aliphatic rings. The van der Waals surface area contributed by atoms with E-state index in [9.17, 15) is 18.8 Å². The number of nitrogens with zero attached hydrogens (tertiary/aromatic N) is 1. The average Bonchev–Trinajstić information content (AvgIpc) is 3.05. The van der Waals surface area contributed by atoms with E-state index in [0.29, 0.717) is 6.54 Å². The summed E-state index contributed by atoms with van der Waals surface area (Å²) in [6, 6.07) is 13.0. The molecule has 1 N–H and O–H groups in total. The zero-order valence-corrected chi connectivity index (χ0v) is 16.5. The molecule has 3 rings (SSSR count). The number of benzene rings is 2. The highest BCUT2D eigenvalue weighted by Crippen LogP contribution is 2.24. The molecule has 152 valence electrons. The second-order valence-electron chi connectivity index (χ2n) is 6.85. The molecule has 0 radical (unpaired) electrons. The highest BCUT2D eigenvalue weighted by atomic mass is 35.5. The lowest BCUT2D eigenvalue weighted by molar-refractivity contribution is -0.157. The monoisotopic (exact) mass is 418 g/mol. The van der Waals surface area contributed by atoms with Crippen LogP contribution < -0.4 is 5.32 Å². The van der Waals surface area contributed by atoms with Gasteiger partial charge in [-0.1, -0.05) is 41.9 Å². The van der Waals surface area contributed by atoms with Gasteiger partial charge in [0.1, 0.15) is 5.82 Å². The number of carbonyl (C=O) groups is 3. The summed E-state index contributed by atoms with van der Waals surface area (Å²) in [5.74, 6) is -2.50.